The smallest absolute Gasteiger partial charge is 0.227 e. The number of hydrogen-bond acceptors (Lipinski definition) is 3. The molecule has 0 radical (unpaired) electrons. The Kier molecular flexibility index (Phi) is 2.33. The molecule has 1 aliphatic rings. The van der Waals surface area contributed by atoms with Crippen LogP contribution in [-0.4, -0.2) is 29.9 Å². The molecule has 4 heteroatoms. The highest BCUT2D eigenvalue weighted by atomic mass is 32.1. The largest absolute Gasteiger partial charge is 0.339 e. The predicted octanol–water partition coefficient (Wildman–Crippen LogP) is 0.460. The van der Waals surface area contributed by atoms with Crippen molar-refractivity contribution < 1.29 is 4.79 Å². The molecule has 70 valence electrons. The van der Waals surface area contributed by atoms with Gasteiger partial charge in [-0.25, -0.2) is 0 Å². The molecule has 1 aromatic rings. The highest BCUT2D eigenvalue weighted by Gasteiger charge is 2.27. The number of carbonyl (C=O) groups excluding carboxylic acids is 1. The van der Waals surface area contributed by atoms with Crippen molar-refractivity contribution in [3.63, 3.8) is 0 Å². The molecule has 2 rings (SSSR count). The van der Waals surface area contributed by atoms with Crippen LogP contribution < -0.4 is 5.73 Å². The fourth-order valence-electron chi connectivity index (χ4n) is 1.39. The van der Waals surface area contributed by atoms with Crippen molar-refractivity contribution in [1.82, 2.24) is 4.90 Å². The summed E-state index contributed by atoms with van der Waals surface area (Å²) >= 11 is 1.63. The summed E-state index contributed by atoms with van der Waals surface area (Å²) in [4.78, 5) is 14.5. The summed E-state index contributed by atoms with van der Waals surface area (Å²) in [5.74, 6) is 0.198. The van der Waals surface area contributed by atoms with Crippen LogP contribution in [0.2, 0.25) is 0 Å². The van der Waals surface area contributed by atoms with E-state index in [0.29, 0.717) is 6.42 Å². The third kappa shape index (κ3) is 1.89. The first-order valence-corrected chi connectivity index (χ1v) is 5.19. The van der Waals surface area contributed by atoms with Crippen LogP contribution in [0.15, 0.2) is 17.5 Å². The van der Waals surface area contributed by atoms with Crippen LogP contribution in [0.1, 0.15) is 4.88 Å². The lowest BCUT2D eigenvalue weighted by atomic mass is 10.1. The highest BCUT2D eigenvalue weighted by Crippen LogP contribution is 2.13. The molecule has 0 spiro atoms. The van der Waals surface area contributed by atoms with Gasteiger partial charge in [0.15, 0.2) is 0 Å². The number of rotatable bonds is 2. The molecule has 1 amide bonds. The third-order valence-electron chi connectivity index (χ3n) is 2.17. The van der Waals surface area contributed by atoms with Gasteiger partial charge in [-0.3, -0.25) is 4.79 Å². The van der Waals surface area contributed by atoms with Crippen LogP contribution in [0.5, 0.6) is 0 Å². The van der Waals surface area contributed by atoms with Crippen molar-refractivity contribution in [2.45, 2.75) is 12.5 Å². The van der Waals surface area contributed by atoms with Crippen LogP contribution in [0.4, 0.5) is 0 Å². The molecule has 0 aliphatic carbocycles. The molecule has 0 bridgehead atoms. The summed E-state index contributed by atoms with van der Waals surface area (Å²) in [6, 6.07) is 4.16. The fourth-order valence-corrected chi connectivity index (χ4v) is 2.09. The van der Waals surface area contributed by atoms with E-state index in [1.807, 2.05) is 22.4 Å². The van der Waals surface area contributed by atoms with Crippen molar-refractivity contribution in [3.05, 3.63) is 22.4 Å². The number of hydrogen-bond donors (Lipinski definition) is 1. The molecule has 1 aromatic heterocycles. The quantitative estimate of drug-likeness (QED) is 0.747. The zero-order valence-electron chi connectivity index (χ0n) is 7.27. The van der Waals surface area contributed by atoms with Gasteiger partial charge in [-0.05, 0) is 11.4 Å². The Bertz CT molecular complexity index is 291. The Balaban J connectivity index is 1.86. The standard InChI is InChI=1S/C9H12N2OS/c10-7-5-11(6-7)9(12)4-8-2-1-3-13-8/h1-3,7H,4-6,10H2. The fraction of sp³-hybridized carbons (Fsp3) is 0.444. The van der Waals surface area contributed by atoms with Crippen molar-refractivity contribution in [2.75, 3.05) is 13.1 Å². The van der Waals surface area contributed by atoms with E-state index in [4.69, 9.17) is 5.73 Å². The second-order valence-corrected chi connectivity index (χ2v) is 4.35. The number of nitrogens with two attached hydrogens (primary N) is 1. The molecular weight excluding hydrogens is 184 g/mol. The van der Waals surface area contributed by atoms with Crippen LogP contribution in [-0.2, 0) is 11.2 Å². The molecule has 1 saturated heterocycles. The van der Waals surface area contributed by atoms with Crippen molar-refractivity contribution in [2.24, 2.45) is 5.73 Å². The summed E-state index contributed by atoms with van der Waals surface area (Å²) in [6.45, 7) is 1.45. The summed E-state index contributed by atoms with van der Waals surface area (Å²) in [7, 11) is 0. The van der Waals surface area contributed by atoms with E-state index < -0.39 is 0 Å². The van der Waals surface area contributed by atoms with E-state index in [0.717, 1.165) is 18.0 Å². The van der Waals surface area contributed by atoms with Crippen LogP contribution in [0.3, 0.4) is 0 Å². The van der Waals surface area contributed by atoms with E-state index in [1.54, 1.807) is 11.3 Å². The lowest BCUT2D eigenvalue weighted by molar-refractivity contribution is -0.134. The van der Waals surface area contributed by atoms with Crippen LogP contribution in [0, 0.1) is 0 Å². The Hall–Kier alpha value is -0.870. The predicted molar refractivity (Wildman–Crippen MR) is 52.6 cm³/mol. The third-order valence-corrected chi connectivity index (χ3v) is 3.04. The van der Waals surface area contributed by atoms with Gasteiger partial charge >= 0.3 is 0 Å². The summed E-state index contributed by atoms with van der Waals surface area (Å²) in [6.07, 6.45) is 0.532. The Labute approximate surface area is 81.2 Å². The molecule has 2 N–H and O–H groups in total. The lowest BCUT2D eigenvalue weighted by Gasteiger charge is -2.36. The minimum atomic E-state index is 0.198. The molecular formula is C9H12N2OS. The molecule has 0 atom stereocenters. The van der Waals surface area contributed by atoms with Crippen LogP contribution >= 0.6 is 11.3 Å². The average Bonchev–Trinajstić information content (AvgIpc) is 2.51. The molecule has 0 unspecified atom stereocenters. The second-order valence-electron chi connectivity index (χ2n) is 3.31. The van der Waals surface area contributed by atoms with Crippen molar-refractivity contribution in [3.8, 4) is 0 Å². The zero-order chi connectivity index (χ0) is 9.26. The first-order valence-electron chi connectivity index (χ1n) is 4.31. The van der Waals surface area contributed by atoms with E-state index in [9.17, 15) is 4.79 Å². The molecule has 3 nitrogen and oxygen atoms in total. The average molecular weight is 196 g/mol. The number of thiophene rings is 1. The number of nitrogens with zero attached hydrogens (tertiary/aromatic N) is 1. The first kappa shape index (κ1) is 8.72. The molecule has 1 fully saturated rings. The molecule has 2 heterocycles. The minimum absolute atomic E-state index is 0.198. The van der Waals surface area contributed by atoms with Gasteiger partial charge in [0.05, 0.1) is 6.42 Å². The van der Waals surface area contributed by atoms with Crippen molar-refractivity contribution in [1.29, 1.82) is 0 Å². The first-order chi connectivity index (χ1) is 6.25. The normalized spacial score (nSPS) is 17.2. The summed E-state index contributed by atoms with van der Waals surface area (Å²) in [5, 5.41) is 1.99. The SMILES string of the molecule is NC1CN(C(=O)Cc2cccs2)C1. The summed E-state index contributed by atoms with van der Waals surface area (Å²) < 4.78 is 0. The Morgan fingerprint density at radius 3 is 3.00 bits per heavy atom. The van der Waals surface area contributed by atoms with E-state index in [1.165, 1.54) is 0 Å². The van der Waals surface area contributed by atoms with Gasteiger partial charge in [-0.15, -0.1) is 11.3 Å². The minimum Gasteiger partial charge on any atom is -0.339 e. The number of carbonyl (C=O) groups is 1. The van der Waals surface area contributed by atoms with Gasteiger partial charge < -0.3 is 10.6 Å². The van der Waals surface area contributed by atoms with Gasteiger partial charge in [0, 0.05) is 24.0 Å². The molecule has 0 aromatic carbocycles. The monoisotopic (exact) mass is 196 g/mol. The highest BCUT2D eigenvalue weighted by molar-refractivity contribution is 7.10. The molecule has 1 aliphatic heterocycles. The van der Waals surface area contributed by atoms with E-state index in [-0.39, 0.29) is 11.9 Å². The van der Waals surface area contributed by atoms with Gasteiger partial charge in [-0.2, -0.15) is 0 Å². The second kappa shape index (κ2) is 3.47. The van der Waals surface area contributed by atoms with Gasteiger partial charge in [-0.1, -0.05) is 6.07 Å². The van der Waals surface area contributed by atoms with Crippen LogP contribution in [0.25, 0.3) is 0 Å². The number of likely N-dealkylation sites (tertiary alicyclic amines) is 1. The van der Waals surface area contributed by atoms with Gasteiger partial charge in [0.25, 0.3) is 0 Å². The molecule has 13 heavy (non-hydrogen) atoms. The summed E-state index contributed by atoms with van der Waals surface area (Å²) in [5.41, 5.74) is 5.59. The van der Waals surface area contributed by atoms with E-state index in [2.05, 4.69) is 0 Å². The van der Waals surface area contributed by atoms with Crippen molar-refractivity contribution >= 4 is 17.2 Å². The topological polar surface area (TPSA) is 46.3 Å². The van der Waals surface area contributed by atoms with E-state index >= 15 is 0 Å². The Morgan fingerprint density at radius 2 is 2.46 bits per heavy atom. The lowest BCUT2D eigenvalue weighted by Crippen LogP contribution is -2.58. The Morgan fingerprint density at radius 1 is 1.69 bits per heavy atom. The van der Waals surface area contributed by atoms with Gasteiger partial charge in [0.2, 0.25) is 5.91 Å². The maximum atomic E-state index is 11.5. The maximum Gasteiger partial charge on any atom is 0.227 e. The maximum absolute atomic E-state index is 11.5. The number of amides is 1. The zero-order valence-corrected chi connectivity index (χ0v) is 8.09. The molecule has 0 saturated carbocycles. The van der Waals surface area contributed by atoms with Gasteiger partial charge in [0.1, 0.15) is 0 Å².